The molecule has 6 heteroatoms. The smallest absolute Gasteiger partial charge is 0.290 e. The zero-order valence-electron chi connectivity index (χ0n) is 12.1. The summed E-state index contributed by atoms with van der Waals surface area (Å²) >= 11 is 0. The summed E-state index contributed by atoms with van der Waals surface area (Å²) in [6.07, 6.45) is 3.73. The standard InChI is InChI=1S/C14H19N5O/c1-9(2)4-5-18-7-11-12-13(16-8-15-11)17-14(20)19(12)6-10(18)3/h4,8,10H,5-7H2,1-3H3,(H,15,16,17,20). The highest BCUT2D eigenvalue weighted by molar-refractivity contribution is 5.73. The largest absolute Gasteiger partial charge is 0.327 e. The molecule has 0 saturated carbocycles. The molecule has 1 N–H and O–H groups in total. The number of hydrogen-bond acceptors (Lipinski definition) is 4. The van der Waals surface area contributed by atoms with Gasteiger partial charge in [-0.25, -0.2) is 14.8 Å². The molecule has 0 saturated heterocycles. The summed E-state index contributed by atoms with van der Waals surface area (Å²) in [5, 5.41) is 0. The van der Waals surface area contributed by atoms with Crippen LogP contribution < -0.4 is 5.69 Å². The normalized spacial score (nSPS) is 19.1. The van der Waals surface area contributed by atoms with Crippen LogP contribution in [0, 0.1) is 0 Å². The molecule has 106 valence electrons. The van der Waals surface area contributed by atoms with Gasteiger partial charge in [-0.05, 0) is 20.8 Å². The van der Waals surface area contributed by atoms with E-state index in [4.69, 9.17) is 0 Å². The molecule has 0 amide bonds. The van der Waals surface area contributed by atoms with Gasteiger partial charge in [0.25, 0.3) is 0 Å². The molecule has 3 rings (SSSR count). The minimum Gasteiger partial charge on any atom is -0.290 e. The Morgan fingerprint density at radius 1 is 1.50 bits per heavy atom. The minimum absolute atomic E-state index is 0.0994. The third-order valence-corrected chi connectivity index (χ3v) is 3.80. The molecule has 0 aliphatic carbocycles. The van der Waals surface area contributed by atoms with Crippen molar-refractivity contribution in [3.05, 3.63) is 34.2 Å². The van der Waals surface area contributed by atoms with Crippen molar-refractivity contribution >= 4 is 11.2 Å². The van der Waals surface area contributed by atoms with Crippen molar-refractivity contribution in [3.8, 4) is 0 Å². The average Bonchev–Trinajstić information content (AvgIpc) is 2.62. The van der Waals surface area contributed by atoms with E-state index in [1.165, 1.54) is 11.9 Å². The Morgan fingerprint density at radius 3 is 3.05 bits per heavy atom. The fourth-order valence-corrected chi connectivity index (χ4v) is 2.62. The lowest BCUT2D eigenvalue weighted by Crippen LogP contribution is -2.36. The van der Waals surface area contributed by atoms with Crippen molar-refractivity contribution in [3.63, 3.8) is 0 Å². The molecule has 20 heavy (non-hydrogen) atoms. The number of aromatic nitrogens is 4. The van der Waals surface area contributed by atoms with E-state index in [1.807, 2.05) is 0 Å². The zero-order chi connectivity index (χ0) is 14.3. The number of rotatable bonds is 2. The third kappa shape index (κ3) is 2.16. The van der Waals surface area contributed by atoms with Crippen molar-refractivity contribution in [2.45, 2.75) is 39.9 Å². The molecule has 1 atom stereocenters. The van der Waals surface area contributed by atoms with Gasteiger partial charge in [-0.2, -0.15) is 0 Å². The molecule has 0 aromatic carbocycles. The monoisotopic (exact) mass is 273 g/mol. The van der Waals surface area contributed by atoms with Gasteiger partial charge in [-0.1, -0.05) is 11.6 Å². The van der Waals surface area contributed by atoms with Crippen LogP contribution in [0.4, 0.5) is 0 Å². The van der Waals surface area contributed by atoms with Gasteiger partial charge in [-0.15, -0.1) is 0 Å². The van der Waals surface area contributed by atoms with Gasteiger partial charge in [0.05, 0.1) is 5.69 Å². The van der Waals surface area contributed by atoms with Crippen LogP contribution in [0.15, 0.2) is 22.8 Å². The Hall–Kier alpha value is -1.95. The molecular formula is C14H19N5O. The number of imidazole rings is 1. The summed E-state index contributed by atoms with van der Waals surface area (Å²) < 4.78 is 1.76. The Kier molecular flexibility index (Phi) is 3.17. The minimum atomic E-state index is -0.0994. The maximum atomic E-state index is 12.0. The number of H-pyrrole nitrogens is 1. The van der Waals surface area contributed by atoms with Gasteiger partial charge >= 0.3 is 5.69 Å². The van der Waals surface area contributed by atoms with Crippen molar-refractivity contribution in [2.24, 2.45) is 0 Å². The second-order valence-corrected chi connectivity index (χ2v) is 5.62. The van der Waals surface area contributed by atoms with Crippen LogP contribution in [0.2, 0.25) is 0 Å². The van der Waals surface area contributed by atoms with Crippen LogP contribution in [0.25, 0.3) is 11.2 Å². The quantitative estimate of drug-likeness (QED) is 0.837. The molecule has 0 fully saturated rings. The SMILES string of the molecule is CC(C)=CCN1Cc2ncnc3[nH]c(=O)n(c23)CC1C. The van der Waals surface area contributed by atoms with Crippen molar-refractivity contribution < 1.29 is 0 Å². The van der Waals surface area contributed by atoms with Crippen LogP contribution in [0.3, 0.4) is 0 Å². The third-order valence-electron chi connectivity index (χ3n) is 3.80. The number of nitrogens with zero attached hydrogens (tertiary/aromatic N) is 4. The molecule has 3 heterocycles. The van der Waals surface area contributed by atoms with Gasteiger partial charge < -0.3 is 0 Å². The Morgan fingerprint density at radius 2 is 2.30 bits per heavy atom. The highest BCUT2D eigenvalue weighted by Crippen LogP contribution is 2.20. The summed E-state index contributed by atoms with van der Waals surface area (Å²) in [5.41, 5.74) is 3.60. The number of nitrogens with one attached hydrogen (secondary N) is 1. The maximum Gasteiger partial charge on any atom is 0.327 e. The van der Waals surface area contributed by atoms with E-state index < -0.39 is 0 Å². The van der Waals surface area contributed by atoms with E-state index in [0.717, 1.165) is 24.3 Å². The van der Waals surface area contributed by atoms with Gasteiger partial charge in [-0.3, -0.25) is 14.5 Å². The molecule has 2 aromatic heterocycles. The van der Waals surface area contributed by atoms with E-state index in [0.29, 0.717) is 12.2 Å². The van der Waals surface area contributed by atoms with Crippen LogP contribution >= 0.6 is 0 Å². The van der Waals surface area contributed by atoms with Gasteiger partial charge in [0.2, 0.25) is 0 Å². The summed E-state index contributed by atoms with van der Waals surface area (Å²) in [5.74, 6) is 0. The molecule has 6 nitrogen and oxygen atoms in total. The summed E-state index contributed by atoms with van der Waals surface area (Å²) in [7, 11) is 0. The van der Waals surface area contributed by atoms with Crippen molar-refractivity contribution in [1.29, 1.82) is 0 Å². The first-order valence-electron chi connectivity index (χ1n) is 6.86. The molecule has 1 aliphatic heterocycles. The van der Waals surface area contributed by atoms with Gasteiger partial charge in [0.15, 0.2) is 5.65 Å². The van der Waals surface area contributed by atoms with E-state index >= 15 is 0 Å². The van der Waals surface area contributed by atoms with Crippen molar-refractivity contribution in [1.82, 2.24) is 24.4 Å². The fraction of sp³-hybridized carbons (Fsp3) is 0.500. The molecular weight excluding hydrogens is 254 g/mol. The molecule has 0 bridgehead atoms. The first-order valence-corrected chi connectivity index (χ1v) is 6.86. The number of allylic oxidation sites excluding steroid dienone is 1. The highest BCUT2D eigenvalue weighted by Gasteiger charge is 2.24. The Labute approximate surface area is 117 Å². The topological polar surface area (TPSA) is 66.8 Å². The molecule has 1 aliphatic rings. The predicted octanol–water partition coefficient (Wildman–Crippen LogP) is 1.29. The van der Waals surface area contributed by atoms with E-state index in [-0.39, 0.29) is 11.7 Å². The molecule has 2 aromatic rings. The summed E-state index contributed by atoms with van der Waals surface area (Å²) in [6.45, 7) is 8.61. The molecule has 1 unspecified atom stereocenters. The first kappa shape index (κ1) is 13.1. The van der Waals surface area contributed by atoms with Crippen LogP contribution in [0.5, 0.6) is 0 Å². The van der Waals surface area contributed by atoms with E-state index in [2.05, 4.69) is 46.7 Å². The lowest BCUT2D eigenvalue weighted by Gasteiger charge is -2.25. The number of hydrogen-bond donors (Lipinski definition) is 1. The summed E-state index contributed by atoms with van der Waals surface area (Å²) in [6, 6.07) is 0.275. The second kappa shape index (κ2) is 4.86. The summed E-state index contributed by atoms with van der Waals surface area (Å²) in [4.78, 5) is 25.7. The van der Waals surface area contributed by atoms with E-state index in [9.17, 15) is 4.79 Å². The fourth-order valence-electron chi connectivity index (χ4n) is 2.62. The lowest BCUT2D eigenvalue weighted by molar-refractivity contribution is 0.208. The highest BCUT2D eigenvalue weighted by atomic mass is 16.1. The van der Waals surface area contributed by atoms with Crippen molar-refractivity contribution in [2.75, 3.05) is 6.54 Å². The molecule has 0 spiro atoms. The average molecular weight is 273 g/mol. The lowest BCUT2D eigenvalue weighted by atomic mass is 10.2. The van der Waals surface area contributed by atoms with Crippen LogP contribution in [0.1, 0.15) is 26.5 Å². The van der Waals surface area contributed by atoms with Crippen LogP contribution in [-0.2, 0) is 13.1 Å². The van der Waals surface area contributed by atoms with E-state index in [1.54, 1.807) is 4.57 Å². The first-order chi connectivity index (χ1) is 9.56. The Balaban J connectivity index is 2.05. The van der Waals surface area contributed by atoms with Gasteiger partial charge in [0, 0.05) is 25.7 Å². The molecule has 0 radical (unpaired) electrons. The Bertz CT molecular complexity index is 723. The second-order valence-electron chi connectivity index (χ2n) is 5.62. The number of aromatic amines is 1. The maximum absolute atomic E-state index is 12.0. The zero-order valence-corrected chi connectivity index (χ0v) is 12.1. The van der Waals surface area contributed by atoms with Crippen LogP contribution in [-0.4, -0.2) is 37.0 Å². The predicted molar refractivity (Wildman–Crippen MR) is 77.5 cm³/mol. The van der Waals surface area contributed by atoms with Gasteiger partial charge in [0.1, 0.15) is 11.8 Å².